The lowest BCUT2D eigenvalue weighted by Crippen LogP contribution is -2.29. The van der Waals surface area contributed by atoms with Gasteiger partial charge in [-0.25, -0.2) is 0 Å². The van der Waals surface area contributed by atoms with Crippen molar-refractivity contribution in [2.45, 2.75) is 35.6 Å². The molecule has 6 rings (SSSR count). The molecule has 4 heterocycles. The van der Waals surface area contributed by atoms with E-state index < -0.39 is 17.7 Å². The normalized spacial score (nSPS) is 19.9. The van der Waals surface area contributed by atoms with Crippen LogP contribution in [0.2, 0.25) is 10.0 Å². The number of furan rings is 1. The molecule has 1 fully saturated rings. The Morgan fingerprint density at radius 2 is 2.03 bits per heavy atom. The molecule has 0 radical (unpaired) electrons. The van der Waals surface area contributed by atoms with Gasteiger partial charge in [0, 0.05) is 27.8 Å². The van der Waals surface area contributed by atoms with Gasteiger partial charge in [0.25, 0.3) is 5.78 Å². The number of fused-ring (bicyclic) bond motifs is 1. The second-order valence-electron chi connectivity index (χ2n) is 9.01. The van der Waals surface area contributed by atoms with Crippen molar-refractivity contribution in [2.24, 2.45) is 0 Å². The fraction of sp³-hybridized carbons (Fsp3) is 0.185. The molecule has 2 aliphatic rings. The number of Topliss-reactive ketones (excluding diaryl/α,β-unsaturated/α-hetero) is 1. The fourth-order valence-electron chi connectivity index (χ4n) is 4.61. The number of thioether (sulfide) groups is 1. The summed E-state index contributed by atoms with van der Waals surface area (Å²) in [6, 6.07) is 12.7. The third-order valence-corrected chi connectivity index (χ3v) is 9.09. The molecule has 12 heteroatoms. The van der Waals surface area contributed by atoms with Crippen LogP contribution in [0.4, 0.5) is 5.13 Å². The topological polar surface area (TPSA) is 106 Å². The van der Waals surface area contributed by atoms with Crippen LogP contribution in [-0.2, 0) is 21.8 Å². The van der Waals surface area contributed by atoms with Gasteiger partial charge >= 0.3 is 5.91 Å². The van der Waals surface area contributed by atoms with E-state index in [0.29, 0.717) is 37.9 Å². The summed E-state index contributed by atoms with van der Waals surface area (Å²) in [4.78, 5) is 27.9. The van der Waals surface area contributed by atoms with Gasteiger partial charge in [-0.1, -0.05) is 52.4 Å². The van der Waals surface area contributed by atoms with E-state index in [1.165, 1.54) is 22.9 Å². The Balaban J connectivity index is 1.34. The van der Waals surface area contributed by atoms with Crippen molar-refractivity contribution < 1.29 is 23.8 Å². The molecule has 0 aliphatic carbocycles. The highest BCUT2D eigenvalue weighted by Gasteiger charge is 2.49. The van der Waals surface area contributed by atoms with Gasteiger partial charge < -0.3 is 14.3 Å². The Morgan fingerprint density at radius 3 is 2.79 bits per heavy atom. The highest BCUT2D eigenvalue weighted by molar-refractivity contribution is 8.00. The van der Waals surface area contributed by atoms with Crippen molar-refractivity contribution >= 4 is 68.9 Å². The number of amides is 1. The van der Waals surface area contributed by atoms with Gasteiger partial charge in [-0.2, -0.15) is 0 Å². The summed E-state index contributed by atoms with van der Waals surface area (Å²) in [7, 11) is 0. The zero-order chi connectivity index (χ0) is 27.3. The second kappa shape index (κ2) is 10.3. The molecular formula is C27H19Cl2N3O5S2. The van der Waals surface area contributed by atoms with Crippen molar-refractivity contribution in [1.29, 1.82) is 0 Å². The van der Waals surface area contributed by atoms with E-state index in [1.807, 2.05) is 13.0 Å². The van der Waals surface area contributed by atoms with Gasteiger partial charge in [-0.05, 0) is 60.5 Å². The minimum absolute atomic E-state index is 0.0197. The van der Waals surface area contributed by atoms with E-state index in [9.17, 15) is 14.7 Å². The minimum atomic E-state index is -1.01. The first kappa shape index (κ1) is 25.9. The number of anilines is 1. The van der Waals surface area contributed by atoms with Crippen LogP contribution < -0.4 is 9.64 Å². The predicted molar refractivity (Wildman–Crippen MR) is 150 cm³/mol. The zero-order valence-corrected chi connectivity index (χ0v) is 23.4. The first-order valence-corrected chi connectivity index (χ1v) is 14.4. The number of carbonyl (C=O) groups excluding carboxylic acids is 2. The summed E-state index contributed by atoms with van der Waals surface area (Å²) in [5.74, 6) is -0.407. The summed E-state index contributed by atoms with van der Waals surface area (Å²) < 4.78 is 11.9. The third kappa shape index (κ3) is 4.82. The third-order valence-electron chi connectivity index (χ3n) is 6.39. The van der Waals surface area contributed by atoms with E-state index in [0.717, 1.165) is 28.2 Å². The summed E-state index contributed by atoms with van der Waals surface area (Å²) in [6.07, 6.45) is 2.14. The quantitative estimate of drug-likeness (QED) is 0.0859. The number of rotatable bonds is 6. The molecule has 198 valence electrons. The molecular weight excluding hydrogens is 581 g/mol. The van der Waals surface area contributed by atoms with Crippen LogP contribution in [0.3, 0.4) is 0 Å². The van der Waals surface area contributed by atoms with Gasteiger partial charge in [0.05, 0.1) is 11.8 Å². The standard InChI is InChI=1S/C27H19Cl2N3O5S2/c1-13-9-16-10-14(5-7-19(16)37-13)23(33)21-22(20-3-2-8-36-20)32(25(35)24(21)34)26-30-31-27(39-26)38-12-15-4-6-17(28)11-18(15)29/h2-8,10-11,13,22,33H,9,12H2,1H3/b23-21+. The highest BCUT2D eigenvalue weighted by atomic mass is 35.5. The Morgan fingerprint density at radius 1 is 1.18 bits per heavy atom. The van der Waals surface area contributed by atoms with Crippen molar-refractivity contribution in [3.05, 3.63) is 92.9 Å². The number of hydrogen-bond donors (Lipinski definition) is 1. The molecule has 0 saturated carbocycles. The number of aliphatic hydroxyl groups excluding tert-OH is 1. The van der Waals surface area contributed by atoms with Crippen molar-refractivity contribution in [2.75, 3.05) is 4.90 Å². The average Bonchev–Trinajstić information content (AvgIpc) is 3.70. The van der Waals surface area contributed by atoms with Gasteiger partial charge in [-0.15, -0.1) is 10.2 Å². The van der Waals surface area contributed by atoms with E-state index in [1.54, 1.807) is 42.5 Å². The molecule has 0 bridgehead atoms. The Kier molecular flexibility index (Phi) is 6.88. The summed E-state index contributed by atoms with van der Waals surface area (Å²) in [5.41, 5.74) is 2.11. The molecule has 39 heavy (non-hydrogen) atoms. The molecule has 1 saturated heterocycles. The molecule has 2 atom stereocenters. The van der Waals surface area contributed by atoms with Crippen LogP contribution in [0.15, 0.2) is 69.1 Å². The van der Waals surface area contributed by atoms with E-state index in [2.05, 4.69) is 10.2 Å². The molecule has 2 aromatic carbocycles. The van der Waals surface area contributed by atoms with Crippen LogP contribution in [0, 0.1) is 0 Å². The average molecular weight is 601 g/mol. The number of carbonyl (C=O) groups is 2. The lowest BCUT2D eigenvalue weighted by Gasteiger charge is -2.20. The van der Waals surface area contributed by atoms with E-state index >= 15 is 0 Å². The van der Waals surface area contributed by atoms with Gasteiger partial charge in [-0.3, -0.25) is 14.5 Å². The fourth-order valence-corrected chi connectivity index (χ4v) is 7.03. The molecule has 2 aromatic heterocycles. The van der Waals surface area contributed by atoms with E-state index in [4.69, 9.17) is 32.4 Å². The van der Waals surface area contributed by atoms with E-state index in [-0.39, 0.29) is 22.6 Å². The summed E-state index contributed by atoms with van der Waals surface area (Å²) in [6.45, 7) is 1.96. The zero-order valence-electron chi connectivity index (χ0n) is 20.3. The molecule has 1 amide bonds. The number of nitrogens with zero attached hydrogens (tertiary/aromatic N) is 3. The highest BCUT2D eigenvalue weighted by Crippen LogP contribution is 2.45. The van der Waals surface area contributed by atoms with Gasteiger partial charge in [0.2, 0.25) is 5.13 Å². The SMILES string of the molecule is CC1Cc2cc(/C(O)=C3\C(=O)C(=O)N(c4nnc(SCc5ccc(Cl)cc5Cl)s4)C3c3ccco3)ccc2O1. The molecule has 2 unspecified atom stereocenters. The number of ketones is 1. The maximum absolute atomic E-state index is 13.3. The summed E-state index contributed by atoms with van der Waals surface area (Å²) in [5, 5.41) is 21.0. The van der Waals surface area contributed by atoms with Crippen molar-refractivity contribution in [3.63, 3.8) is 0 Å². The monoisotopic (exact) mass is 599 g/mol. The van der Waals surface area contributed by atoms with Crippen LogP contribution in [0.1, 0.15) is 35.4 Å². The Hall–Kier alpha value is -3.31. The van der Waals surface area contributed by atoms with Crippen molar-refractivity contribution in [3.8, 4) is 5.75 Å². The number of aromatic nitrogens is 2. The first-order valence-electron chi connectivity index (χ1n) is 11.8. The van der Waals surface area contributed by atoms with Gasteiger partial charge in [0.15, 0.2) is 4.34 Å². The number of ether oxygens (including phenoxy) is 1. The predicted octanol–water partition coefficient (Wildman–Crippen LogP) is 6.68. The number of halogens is 2. The Labute approximate surface area is 241 Å². The Bertz CT molecular complexity index is 1640. The number of hydrogen-bond acceptors (Lipinski definition) is 9. The lowest BCUT2D eigenvalue weighted by molar-refractivity contribution is -0.132. The molecule has 1 N–H and O–H groups in total. The molecule has 8 nitrogen and oxygen atoms in total. The van der Waals surface area contributed by atoms with Crippen molar-refractivity contribution in [1.82, 2.24) is 10.2 Å². The first-order chi connectivity index (χ1) is 18.8. The van der Waals surface area contributed by atoms with Crippen LogP contribution in [0.5, 0.6) is 5.75 Å². The minimum Gasteiger partial charge on any atom is -0.507 e. The maximum atomic E-state index is 13.3. The molecule has 0 spiro atoms. The number of aliphatic hydroxyl groups is 1. The molecule has 4 aromatic rings. The largest absolute Gasteiger partial charge is 0.507 e. The van der Waals surface area contributed by atoms with Crippen LogP contribution >= 0.6 is 46.3 Å². The molecule has 2 aliphatic heterocycles. The van der Waals surface area contributed by atoms with Crippen LogP contribution in [-0.4, -0.2) is 33.1 Å². The lowest BCUT2D eigenvalue weighted by atomic mass is 9.97. The second-order valence-corrected chi connectivity index (χ2v) is 12.0. The maximum Gasteiger partial charge on any atom is 0.302 e. The van der Waals surface area contributed by atoms with Crippen LogP contribution in [0.25, 0.3) is 5.76 Å². The van der Waals surface area contributed by atoms with Gasteiger partial charge in [0.1, 0.15) is 29.4 Å². The smallest absolute Gasteiger partial charge is 0.302 e. The summed E-state index contributed by atoms with van der Waals surface area (Å²) >= 11 is 14.8. The number of benzene rings is 2.